The van der Waals surface area contributed by atoms with Gasteiger partial charge in [-0.05, 0) is 19.3 Å². The Morgan fingerprint density at radius 3 is 2.61 bits per heavy atom. The third-order valence-electron chi connectivity index (χ3n) is 2.78. The summed E-state index contributed by atoms with van der Waals surface area (Å²) in [4.78, 5) is 15.6. The standard InChI is InChI=1S/C14H21NO3/c1-9(2)5-11(14(16)17)7-12-8-13(18-4)6-10(3)15-12/h6,8-9,11H,5,7H2,1-4H3,(H,16,17). The normalized spacial score (nSPS) is 12.5. The predicted octanol–water partition coefficient (Wildman–Crippen LogP) is 2.69. The molecule has 1 aromatic heterocycles. The Hall–Kier alpha value is -1.58. The molecule has 0 aliphatic carbocycles. The molecule has 4 nitrogen and oxygen atoms in total. The number of aliphatic carboxylic acids is 1. The molecule has 4 heteroatoms. The highest BCUT2D eigenvalue weighted by molar-refractivity contribution is 5.70. The highest BCUT2D eigenvalue weighted by Crippen LogP contribution is 2.20. The van der Waals surface area contributed by atoms with Crippen LogP contribution < -0.4 is 4.74 Å². The van der Waals surface area contributed by atoms with Crippen molar-refractivity contribution >= 4 is 5.97 Å². The van der Waals surface area contributed by atoms with Gasteiger partial charge in [0.15, 0.2) is 0 Å². The first-order valence-corrected chi connectivity index (χ1v) is 6.16. The largest absolute Gasteiger partial charge is 0.497 e. The van der Waals surface area contributed by atoms with Gasteiger partial charge < -0.3 is 9.84 Å². The fourth-order valence-corrected chi connectivity index (χ4v) is 2.02. The molecular weight excluding hydrogens is 230 g/mol. The lowest BCUT2D eigenvalue weighted by Crippen LogP contribution is -2.19. The number of methoxy groups -OCH3 is 1. The van der Waals surface area contributed by atoms with Crippen molar-refractivity contribution in [2.24, 2.45) is 11.8 Å². The first kappa shape index (κ1) is 14.5. The van der Waals surface area contributed by atoms with Gasteiger partial charge in [-0.1, -0.05) is 13.8 Å². The van der Waals surface area contributed by atoms with Crippen molar-refractivity contribution in [3.8, 4) is 5.75 Å². The van der Waals surface area contributed by atoms with E-state index >= 15 is 0 Å². The number of nitrogens with zero attached hydrogens (tertiary/aromatic N) is 1. The molecule has 1 rings (SSSR count). The van der Waals surface area contributed by atoms with Crippen LogP contribution in [0.2, 0.25) is 0 Å². The summed E-state index contributed by atoms with van der Waals surface area (Å²) in [7, 11) is 1.60. The van der Waals surface area contributed by atoms with E-state index in [2.05, 4.69) is 4.98 Å². The van der Waals surface area contributed by atoms with Crippen LogP contribution >= 0.6 is 0 Å². The molecule has 18 heavy (non-hydrogen) atoms. The SMILES string of the molecule is COc1cc(C)nc(CC(CC(C)C)C(=O)O)c1. The van der Waals surface area contributed by atoms with Gasteiger partial charge in [-0.2, -0.15) is 0 Å². The minimum atomic E-state index is -0.758. The molecule has 0 aromatic carbocycles. The zero-order valence-electron chi connectivity index (χ0n) is 11.4. The summed E-state index contributed by atoms with van der Waals surface area (Å²) >= 11 is 0. The summed E-state index contributed by atoms with van der Waals surface area (Å²) in [6, 6.07) is 3.64. The molecule has 0 saturated carbocycles. The van der Waals surface area contributed by atoms with Crippen LogP contribution in [0.15, 0.2) is 12.1 Å². The molecule has 0 saturated heterocycles. The second-order valence-corrected chi connectivity index (χ2v) is 5.01. The van der Waals surface area contributed by atoms with Crippen molar-refractivity contribution < 1.29 is 14.6 Å². The van der Waals surface area contributed by atoms with E-state index in [4.69, 9.17) is 4.74 Å². The molecule has 1 aromatic rings. The number of aromatic nitrogens is 1. The zero-order valence-corrected chi connectivity index (χ0v) is 11.4. The number of rotatable bonds is 6. The molecule has 0 amide bonds. The fraction of sp³-hybridized carbons (Fsp3) is 0.571. The number of ether oxygens (including phenoxy) is 1. The van der Waals surface area contributed by atoms with Gasteiger partial charge in [-0.25, -0.2) is 0 Å². The van der Waals surface area contributed by atoms with Gasteiger partial charge >= 0.3 is 5.97 Å². The summed E-state index contributed by atoms with van der Waals surface area (Å²) in [6.45, 7) is 5.94. The van der Waals surface area contributed by atoms with Crippen LogP contribution in [0, 0.1) is 18.8 Å². The molecule has 0 radical (unpaired) electrons. The molecule has 1 N–H and O–H groups in total. The minimum absolute atomic E-state index is 0.359. The van der Waals surface area contributed by atoms with Crippen LogP contribution in [-0.4, -0.2) is 23.2 Å². The number of carboxylic acid groups (broad SMARTS) is 1. The average molecular weight is 251 g/mol. The Balaban J connectivity index is 2.86. The van der Waals surface area contributed by atoms with Crippen LogP contribution in [0.5, 0.6) is 5.75 Å². The fourth-order valence-electron chi connectivity index (χ4n) is 2.02. The van der Waals surface area contributed by atoms with E-state index in [1.165, 1.54) is 0 Å². The number of pyridine rings is 1. The van der Waals surface area contributed by atoms with E-state index in [9.17, 15) is 9.90 Å². The number of aryl methyl sites for hydroxylation is 1. The van der Waals surface area contributed by atoms with Gasteiger partial charge in [0.25, 0.3) is 0 Å². The van der Waals surface area contributed by atoms with Crippen molar-refractivity contribution in [2.45, 2.75) is 33.6 Å². The van der Waals surface area contributed by atoms with Crippen molar-refractivity contribution in [1.29, 1.82) is 0 Å². The van der Waals surface area contributed by atoms with Crippen molar-refractivity contribution in [1.82, 2.24) is 4.98 Å². The molecule has 0 spiro atoms. The van der Waals surface area contributed by atoms with Gasteiger partial charge in [-0.3, -0.25) is 9.78 Å². The monoisotopic (exact) mass is 251 g/mol. The third kappa shape index (κ3) is 4.35. The predicted molar refractivity (Wildman–Crippen MR) is 69.8 cm³/mol. The first-order valence-electron chi connectivity index (χ1n) is 6.16. The lowest BCUT2D eigenvalue weighted by molar-refractivity contribution is -0.142. The quantitative estimate of drug-likeness (QED) is 0.844. The second-order valence-electron chi connectivity index (χ2n) is 5.01. The molecule has 0 aliphatic heterocycles. The van der Waals surface area contributed by atoms with E-state index in [0.29, 0.717) is 18.8 Å². The summed E-state index contributed by atoms with van der Waals surface area (Å²) in [5.74, 6) is -0.0565. The van der Waals surface area contributed by atoms with E-state index < -0.39 is 5.97 Å². The maximum Gasteiger partial charge on any atom is 0.306 e. The molecule has 1 atom stereocenters. The first-order chi connectivity index (χ1) is 8.42. The molecule has 100 valence electrons. The molecule has 1 unspecified atom stereocenters. The average Bonchev–Trinajstić information content (AvgIpc) is 2.26. The Kier molecular flexibility index (Phi) is 5.13. The highest BCUT2D eigenvalue weighted by Gasteiger charge is 2.20. The number of hydrogen-bond acceptors (Lipinski definition) is 3. The number of carboxylic acids is 1. The van der Waals surface area contributed by atoms with Crippen LogP contribution in [0.25, 0.3) is 0 Å². The van der Waals surface area contributed by atoms with Gasteiger partial charge in [0.1, 0.15) is 5.75 Å². The van der Waals surface area contributed by atoms with E-state index in [1.54, 1.807) is 7.11 Å². The number of hydrogen-bond donors (Lipinski definition) is 1. The maximum absolute atomic E-state index is 11.2. The highest BCUT2D eigenvalue weighted by atomic mass is 16.5. The van der Waals surface area contributed by atoms with Gasteiger partial charge in [0.2, 0.25) is 0 Å². The van der Waals surface area contributed by atoms with Crippen molar-refractivity contribution in [2.75, 3.05) is 7.11 Å². The summed E-state index contributed by atoms with van der Waals surface area (Å²) in [5.41, 5.74) is 1.62. The molecule has 0 bridgehead atoms. The Morgan fingerprint density at radius 1 is 1.44 bits per heavy atom. The van der Waals surface area contributed by atoms with E-state index in [-0.39, 0.29) is 5.92 Å². The van der Waals surface area contributed by atoms with Gasteiger partial charge in [0.05, 0.1) is 13.0 Å². The van der Waals surface area contributed by atoms with Gasteiger partial charge in [0, 0.05) is 29.9 Å². The Bertz CT molecular complexity index is 416. The van der Waals surface area contributed by atoms with Crippen LogP contribution in [0.1, 0.15) is 31.7 Å². The smallest absolute Gasteiger partial charge is 0.306 e. The second kappa shape index (κ2) is 6.38. The molecule has 0 aliphatic rings. The molecular formula is C14H21NO3. The number of carbonyl (C=O) groups is 1. The third-order valence-corrected chi connectivity index (χ3v) is 2.78. The van der Waals surface area contributed by atoms with Crippen LogP contribution in [-0.2, 0) is 11.2 Å². The summed E-state index contributed by atoms with van der Waals surface area (Å²) in [6.07, 6.45) is 1.11. The Morgan fingerprint density at radius 2 is 2.11 bits per heavy atom. The van der Waals surface area contributed by atoms with Crippen LogP contribution in [0.4, 0.5) is 0 Å². The van der Waals surface area contributed by atoms with Gasteiger partial charge in [-0.15, -0.1) is 0 Å². The lowest BCUT2D eigenvalue weighted by Gasteiger charge is -2.15. The van der Waals surface area contributed by atoms with E-state index in [0.717, 1.165) is 17.1 Å². The summed E-state index contributed by atoms with van der Waals surface area (Å²) in [5, 5.41) is 9.22. The van der Waals surface area contributed by atoms with Crippen LogP contribution in [0.3, 0.4) is 0 Å². The molecule has 0 fully saturated rings. The summed E-state index contributed by atoms with van der Waals surface area (Å²) < 4.78 is 5.17. The van der Waals surface area contributed by atoms with Crippen molar-refractivity contribution in [3.63, 3.8) is 0 Å². The molecule has 1 heterocycles. The maximum atomic E-state index is 11.2. The minimum Gasteiger partial charge on any atom is -0.497 e. The zero-order chi connectivity index (χ0) is 13.7. The topological polar surface area (TPSA) is 59.4 Å². The van der Waals surface area contributed by atoms with E-state index in [1.807, 2.05) is 32.9 Å². The lowest BCUT2D eigenvalue weighted by atomic mass is 9.93. The van der Waals surface area contributed by atoms with Crippen molar-refractivity contribution in [3.05, 3.63) is 23.5 Å². The Labute approximate surface area is 108 Å².